The highest BCUT2D eigenvalue weighted by Gasteiger charge is 2.23. The van der Waals surface area contributed by atoms with Gasteiger partial charge in [-0.3, -0.25) is 0 Å². The molecule has 1 saturated heterocycles. The predicted molar refractivity (Wildman–Crippen MR) is 73.7 cm³/mol. The Hall–Kier alpha value is -1.13. The second-order valence-electron chi connectivity index (χ2n) is 5.26. The summed E-state index contributed by atoms with van der Waals surface area (Å²) >= 11 is 0. The van der Waals surface area contributed by atoms with Crippen molar-refractivity contribution in [2.24, 2.45) is 0 Å². The van der Waals surface area contributed by atoms with Crippen molar-refractivity contribution in [3.63, 3.8) is 0 Å². The van der Waals surface area contributed by atoms with E-state index in [1.807, 2.05) is 0 Å². The molecule has 1 aromatic carbocycles. The number of hydrogen-bond donors (Lipinski definition) is 2. The standard InChI is InChI=1S/C15H22FNO2/c1-11(19)14-9-12(16)6-7-15(14)17-8-4-2-3-5-13(17)10-18/h6-7,9,11,13,18-19H,2-5,8,10H2,1H3/t11-,13?/m0/s1. The summed E-state index contributed by atoms with van der Waals surface area (Å²) in [5.41, 5.74) is 1.44. The van der Waals surface area contributed by atoms with Crippen molar-refractivity contribution in [1.82, 2.24) is 0 Å². The number of aliphatic hydroxyl groups excluding tert-OH is 2. The summed E-state index contributed by atoms with van der Waals surface area (Å²) in [6.45, 7) is 2.58. The van der Waals surface area contributed by atoms with Crippen LogP contribution in [0.3, 0.4) is 0 Å². The number of aliphatic hydroxyl groups is 2. The van der Waals surface area contributed by atoms with Gasteiger partial charge in [-0.2, -0.15) is 0 Å². The molecule has 0 bridgehead atoms. The second-order valence-corrected chi connectivity index (χ2v) is 5.26. The van der Waals surface area contributed by atoms with E-state index in [1.54, 1.807) is 13.0 Å². The van der Waals surface area contributed by atoms with Crippen LogP contribution < -0.4 is 4.90 Å². The molecule has 0 radical (unpaired) electrons. The lowest BCUT2D eigenvalue weighted by Crippen LogP contribution is -2.38. The molecule has 1 fully saturated rings. The minimum Gasteiger partial charge on any atom is -0.394 e. The van der Waals surface area contributed by atoms with E-state index in [1.165, 1.54) is 12.1 Å². The van der Waals surface area contributed by atoms with E-state index >= 15 is 0 Å². The van der Waals surface area contributed by atoms with E-state index in [2.05, 4.69) is 4.90 Å². The molecule has 0 amide bonds. The average Bonchev–Trinajstić information content (AvgIpc) is 2.63. The average molecular weight is 267 g/mol. The van der Waals surface area contributed by atoms with Crippen molar-refractivity contribution in [2.45, 2.75) is 44.8 Å². The van der Waals surface area contributed by atoms with Gasteiger partial charge in [-0.25, -0.2) is 4.39 Å². The fraction of sp³-hybridized carbons (Fsp3) is 0.600. The minimum atomic E-state index is -0.715. The molecule has 1 heterocycles. The molecule has 0 spiro atoms. The number of nitrogens with zero attached hydrogens (tertiary/aromatic N) is 1. The summed E-state index contributed by atoms with van der Waals surface area (Å²) < 4.78 is 13.4. The van der Waals surface area contributed by atoms with Crippen molar-refractivity contribution >= 4 is 5.69 Å². The summed E-state index contributed by atoms with van der Waals surface area (Å²) in [4.78, 5) is 2.12. The molecule has 0 aromatic heterocycles. The molecule has 2 atom stereocenters. The Morgan fingerprint density at radius 3 is 2.84 bits per heavy atom. The fourth-order valence-electron chi connectivity index (χ4n) is 2.81. The van der Waals surface area contributed by atoms with Crippen LogP contribution >= 0.6 is 0 Å². The van der Waals surface area contributed by atoms with Gasteiger partial charge in [0.05, 0.1) is 18.8 Å². The summed E-state index contributed by atoms with van der Waals surface area (Å²) in [7, 11) is 0. The summed E-state index contributed by atoms with van der Waals surface area (Å²) in [5.74, 6) is -0.338. The Balaban J connectivity index is 2.37. The highest BCUT2D eigenvalue weighted by molar-refractivity contribution is 5.55. The van der Waals surface area contributed by atoms with Gasteiger partial charge in [-0.05, 0) is 38.0 Å². The van der Waals surface area contributed by atoms with E-state index < -0.39 is 6.10 Å². The molecule has 4 heteroatoms. The van der Waals surface area contributed by atoms with Gasteiger partial charge in [0.2, 0.25) is 0 Å². The summed E-state index contributed by atoms with van der Waals surface area (Å²) in [6.07, 6.45) is 3.54. The first-order valence-corrected chi connectivity index (χ1v) is 6.98. The van der Waals surface area contributed by atoms with Crippen LogP contribution in [0.25, 0.3) is 0 Å². The third-order valence-corrected chi connectivity index (χ3v) is 3.84. The lowest BCUT2D eigenvalue weighted by Gasteiger charge is -2.33. The zero-order chi connectivity index (χ0) is 13.8. The lowest BCUT2D eigenvalue weighted by molar-refractivity contribution is 0.198. The number of anilines is 1. The third-order valence-electron chi connectivity index (χ3n) is 3.84. The zero-order valence-electron chi connectivity index (χ0n) is 11.3. The highest BCUT2D eigenvalue weighted by Crippen LogP contribution is 2.31. The van der Waals surface area contributed by atoms with Gasteiger partial charge in [-0.15, -0.1) is 0 Å². The van der Waals surface area contributed by atoms with E-state index in [0.29, 0.717) is 5.56 Å². The van der Waals surface area contributed by atoms with Crippen LogP contribution in [0.4, 0.5) is 10.1 Å². The monoisotopic (exact) mass is 267 g/mol. The van der Waals surface area contributed by atoms with Gasteiger partial charge >= 0.3 is 0 Å². The van der Waals surface area contributed by atoms with Crippen molar-refractivity contribution < 1.29 is 14.6 Å². The van der Waals surface area contributed by atoms with Gasteiger partial charge in [0, 0.05) is 17.8 Å². The maximum Gasteiger partial charge on any atom is 0.123 e. The van der Waals surface area contributed by atoms with Crippen LogP contribution in [0, 0.1) is 5.82 Å². The number of halogens is 1. The molecular formula is C15H22FNO2. The Bertz CT molecular complexity index is 423. The second kappa shape index (κ2) is 6.35. The smallest absolute Gasteiger partial charge is 0.123 e. The Labute approximate surface area is 113 Å². The number of hydrogen-bond acceptors (Lipinski definition) is 3. The fourth-order valence-corrected chi connectivity index (χ4v) is 2.81. The molecule has 0 aliphatic carbocycles. The molecule has 3 nitrogen and oxygen atoms in total. The molecular weight excluding hydrogens is 245 g/mol. The quantitative estimate of drug-likeness (QED) is 0.884. The van der Waals surface area contributed by atoms with E-state index in [9.17, 15) is 14.6 Å². The van der Waals surface area contributed by atoms with Gasteiger partial charge < -0.3 is 15.1 Å². The van der Waals surface area contributed by atoms with Crippen LogP contribution in [-0.4, -0.2) is 29.4 Å². The Morgan fingerprint density at radius 1 is 1.37 bits per heavy atom. The van der Waals surface area contributed by atoms with Crippen LogP contribution in [0.5, 0.6) is 0 Å². The molecule has 19 heavy (non-hydrogen) atoms. The molecule has 2 rings (SSSR count). The van der Waals surface area contributed by atoms with E-state index in [4.69, 9.17) is 0 Å². The zero-order valence-corrected chi connectivity index (χ0v) is 11.3. The Kier molecular flexibility index (Phi) is 4.77. The van der Waals surface area contributed by atoms with Crippen molar-refractivity contribution in [2.75, 3.05) is 18.1 Å². The van der Waals surface area contributed by atoms with Crippen molar-refractivity contribution in [3.05, 3.63) is 29.6 Å². The molecule has 1 aromatic rings. The van der Waals surface area contributed by atoms with Gasteiger partial charge in [-0.1, -0.05) is 12.8 Å². The van der Waals surface area contributed by atoms with E-state index in [0.717, 1.165) is 37.9 Å². The van der Waals surface area contributed by atoms with Crippen LogP contribution in [0.1, 0.15) is 44.3 Å². The molecule has 0 saturated carbocycles. The predicted octanol–water partition coefficient (Wildman–Crippen LogP) is 2.62. The van der Waals surface area contributed by atoms with Crippen LogP contribution in [0.2, 0.25) is 0 Å². The van der Waals surface area contributed by atoms with Crippen molar-refractivity contribution in [1.29, 1.82) is 0 Å². The SMILES string of the molecule is C[C@H](O)c1cc(F)ccc1N1CCCCCC1CO. The first-order valence-electron chi connectivity index (χ1n) is 6.98. The van der Waals surface area contributed by atoms with Gasteiger partial charge in [0.1, 0.15) is 5.82 Å². The largest absolute Gasteiger partial charge is 0.394 e. The third kappa shape index (κ3) is 3.25. The van der Waals surface area contributed by atoms with E-state index in [-0.39, 0.29) is 18.5 Å². The molecule has 1 aliphatic heterocycles. The lowest BCUT2D eigenvalue weighted by atomic mass is 10.0. The Morgan fingerprint density at radius 2 is 2.16 bits per heavy atom. The maximum absolute atomic E-state index is 13.4. The highest BCUT2D eigenvalue weighted by atomic mass is 19.1. The molecule has 2 N–H and O–H groups in total. The van der Waals surface area contributed by atoms with Crippen LogP contribution in [-0.2, 0) is 0 Å². The number of benzene rings is 1. The van der Waals surface area contributed by atoms with Gasteiger partial charge in [0.15, 0.2) is 0 Å². The van der Waals surface area contributed by atoms with Crippen LogP contribution in [0.15, 0.2) is 18.2 Å². The molecule has 1 aliphatic rings. The summed E-state index contributed by atoms with van der Waals surface area (Å²) in [5, 5.41) is 19.4. The maximum atomic E-state index is 13.4. The first-order chi connectivity index (χ1) is 9.13. The van der Waals surface area contributed by atoms with Crippen molar-refractivity contribution in [3.8, 4) is 0 Å². The normalized spacial score (nSPS) is 22.1. The van der Waals surface area contributed by atoms with Gasteiger partial charge in [0.25, 0.3) is 0 Å². The molecule has 1 unspecified atom stereocenters. The number of rotatable bonds is 3. The minimum absolute atomic E-state index is 0.0606. The summed E-state index contributed by atoms with van der Waals surface area (Å²) in [6, 6.07) is 4.58. The molecule has 106 valence electrons. The topological polar surface area (TPSA) is 43.7 Å². The first kappa shape index (κ1) is 14.3.